The molecule has 0 bridgehead atoms. The highest BCUT2D eigenvalue weighted by molar-refractivity contribution is 6.30. The minimum Gasteiger partial charge on any atom is -0.341 e. The van der Waals surface area contributed by atoms with E-state index in [0.29, 0.717) is 18.4 Å². The molecule has 230 valence electrons. The number of amides is 1. The largest absolute Gasteiger partial charge is 0.341 e. The molecule has 3 fully saturated rings. The van der Waals surface area contributed by atoms with E-state index in [4.69, 9.17) is 11.6 Å². The summed E-state index contributed by atoms with van der Waals surface area (Å²) in [5, 5.41) is 9.06. The predicted molar refractivity (Wildman–Crippen MR) is 172 cm³/mol. The second kappa shape index (κ2) is 14.4. The fraction of sp³-hybridized carbons (Fsp3) is 0.571. The molecule has 3 heterocycles. The van der Waals surface area contributed by atoms with Gasteiger partial charge < -0.3 is 10.2 Å². The topological polar surface area (TPSA) is 66.3 Å². The Bertz CT molecular complexity index is 1260. The summed E-state index contributed by atoms with van der Waals surface area (Å²) in [7, 11) is 0. The molecule has 2 aliphatic heterocycles. The normalized spacial score (nSPS) is 21.1. The number of nitrogens with zero attached hydrogens (tertiary/aromatic N) is 5. The third-order valence-corrected chi connectivity index (χ3v) is 10.7. The van der Waals surface area contributed by atoms with E-state index in [9.17, 15) is 4.79 Å². The van der Waals surface area contributed by atoms with Crippen molar-refractivity contribution in [1.82, 2.24) is 29.9 Å². The average Bonchev–Trinajstić information content (AvgIpc) is 3.56. The second-order valence-electron chi connectivity index (χ2n) is 13.2. The number of hydrogen-bond donors (Lipinski definition) is 1. The molecule has 2 aromatic carbocycles. The summed E-state index contributed by atoms with van der Waals surface area (Å²) in [6, 6.07) is 18.8. The van der Waals surface area contributed by atoms with Crippen molar-refractivity contribution in [2.24, 2.45) is 11.3 Å². The predicted octanol–water partition coefficient (Wildman–Crippen LogP) is 5.99. The highest BCUT2D eigenvalue weighted by Gasteiger charge is 2.44. The van der Waals surface area contributed by atoms with Crippen LogP contribution in [0.5, 0.6) is 0 Å². The van der Waals surface area contributed by atoms with Gasteiger partial charge in [0.05, 0.1) is 6.04 Å². The van der Waals surface area contributed by atoms with Gasteiger partial charge in [0.25, 0.3) is 0 Å². The smallest absolute Gasteiger partial charge is 0.240 e. The van der Waals surface area contributed by atoms with Gasteiger partial charge >= 0.3 is 0 Å². The van der Waals surface area contributed by atoms with E-state index < -0.39 is 0 Å². The number of nitrogens with one attached hydrogen (secondary N) is 1. The molecule has 43 heavy (non-hydrogen) atoms. The van der Waals surface area contributed by atoms with Crippen molar-refractivity contribution in [3.05, 3.63) is 83.4 Å². The first-order valence-electron chi connectivity index (χ1n) is 16.4. The van der Waals surface area contributed by atoms with E-state index in [-0.39, 0.29) is 17.4 Å². The summed E-state index contributed by atoms with van der Waals surface area (Å²) in [5.41, 5.74) is 2.70. The van der Waals surface area contributed by atoms with Gasteiger partial charge in [0.2, 0.25) is 5.91 Å². The number of likely N-dealkylation sites (tertiary alicyclic amines) is 2. The molecule has 8 heteroatoms. The quantitative estimate of drug-likeness (QED) is 0.309. The SMILES string of the molecule is O=C([C@@H](Cc1ccc(Cl)cc1)NC1CCN(Cc2ccccc2)CC1)N1CCC(Cn2cncn2)(C2CCCCC2)CC1. The minimum atomic E-state index is -0.232. The molecule has 3 aromatic rings. The van der Waals surface area contributed by atoms with Crippen LogP contribution in [-0.2, 0) is 24.3 Å². The lowest BCUT2D eigenvalue weighted by atomic mass is 9.63. The molecule has 3 aliphatic rings. The Balaban J connectivity index is 1.11. The Morgan fingerprint density at radius 1 is 0.907 bits per heavy atom. The van der Waals surface area contributed by atoms with E-state index in [1.807, 2.05) is 23.1 Å². The highest BCUT2D eigenvalue weighted by atomic mass is 35.5. The van der Waals surface area contributed by atoms with Crippen LogP contribution in [0.2, 0.25) is 5.02 Å². The number of carbonyl (C=O) groups excluding carboxylic acids is 1. The maximum absolute atomic E-state index is 14.3. The molecule has 6 rings (SSSR count). The zero-order chi connectivity index (χ0) is 29.5. The van der Waals surface area contributed by atoms with Gasteiger partial charge in [-0.2, -0.15) is 5.10 Å². The molecule has 2 saturated heterocycles. The van der Waals surface area contributed by atoms with Crippen LogP contribution >= 0.6 is 11.6 Å². The second-order valence-corrected chi connectivity index (χ2v) is 13.6. The molecule has 1 N–H and O–H groups in total. The first-order valence-corrected chi connectivity index (χ1v) is 16.8. The van der Waals surface area contributed by atoms with E-state index in [1.165, 1.54) is 37.7 Å². The van der Waals surface area contributed by atoms with Crippen LogP contribution in [0.3, 0.4) is 0 Å². The maximum Gasteiger partial charge on any atom is 0.240 e. The molecule has 1 aromatic heterocycles. The summed E-state index contributed by atoms with van der Waals surface area (Å²) < 4.78 is 2.03. The number of rotatable bonds is 10. The first-order chi connectivity index (χ1) is 21.1. The highest BCUT2D eigenvalue weighted by Crippen LogP contribution is 2.47. The maximum atomic E-state index is 14.3. The average molecular weight is 603 g/mol. The van der Waals surface area contributed by atoms with Crippen molar-refractivity contribution in [3.8, 4) is 0 Å². The van der Waals surface area contributed by atoms with Gasteiger partial charge in [-0.3, -0.25) is 14.4 Å². The van der Waals surface area contributed by atoms with Gasteiger partial charge in [-0.15, -0.1) is 0 Å². The fourth-order valence-corrected chi connectivity index (χ4v) is 8.02. The summed E-state index contributed by atoms with van der Waals surface area (Å²) in [6.07, 6.45) is 15.0. The Labute approximate surface area is 262 Å². The lowest BCUT2D eigenvalue weighted by Gasteiger charge is -2.48. The third-order valence-electron chi connectivity index (χ3n) is 10.4. The van der Waals surface area contributed by atoms with Crippen molar-refractivity contribution >= 4 is 17.5 Å². The molecule has 0 radical (unpaired) electrons. The van der Waals surface area contributed by atoms with Gasteiger partial charge in [0.15, 0.2) is 0 Å². The van der Waals surface area contributed by atoms with E-state index >= 15 is 0 Å². The van der Waals surface area contributed by atoms with Crippen LogP contribution in [-0.4, -0.2) is 68.7 Å². The molecule has 7 nitrogen and oxygen atoms in total. The number of hydrogen-bond acceptors (Lipinski definition) is 5. The third kappa shape index (κ3) is 7.86. The summed E-state index contributed by atoms with van der Waals surface area (Å²) in [6.45, 7) is 5.63. The summed E-state index contributed by atoms with van der Waals surface area (Å²) in [4.78, 5) is 23.2. The lowest BCUT2D eigenvalue weighted by molar-refractivity contribution is -0.137. The number of aromatic nitrogens is 3. The number of benzene rings is 2. The van der Waals surface area contributed by atoms with Crippen LogP contribution in [0, 0.1) is 11.3 Å². The van der Waals surface area contributed by atoms with Gasteiger partial charge in [0, 0.05) is 37.2 Å². The number of carbonyl (C=O) groups is 1. The molecule has 1 saturated carbocycles. The molecular weight excluding hydrogens is 556 g/mol. The van der Waals surface area contributed by atoms with Crippen LogP contribution in [0.15, 0.2) is 67.3 Å². The Morgan fingerprint density at radius 3 is 2.30 bits per heavy atom. The first kappa shape index (κ1) is 30.3. The monoisotopic (exact) mass is 602 g/mol. The van der Waals surface area contributed by atoms with E-state index in [0.717, 1.165) is 75.5 Å². The van der Waals surface area contributed by atoms with E-state index in [1.54, 1.807) is 6.33 Å². The van der Waals surface area contributed by atoms with Crippen molar-refractivity contribution in [3.63, 3.8) is 0 Å². The molecule has 0 spiro atoms. The van der Waals surface area contributed by atoms with Crippen LogP contribution in [0.1, 0.15) is 68.9 Å². The zero-order valence-corrected chi connectivity index (χ0v) is 26.2. The van der Waals surface area contributed by atoms with Crippen molar-refractivity contribution in [2.75, 3.05) is 26.2 Å². The Kier molecular flexibility index (Phi) is 10.1. The molecule has 1 amide bonds. The molecule has 1 atom stereocenters. The minimum absolute atomic E-state index is 0.190. The molecule has 0 unspecified atom stereocenters. The number of piperidine rings is 2. The fourth-order valence-electron chi connectivity index (χ4n) is 7.90. The zero-order valence-electron chi connectivity index (χ0n) is 25.4. The van der Waals surface area contributed by atoms with Crippen molar-refractivity contribution in [1.29, 1.82) is 0 Å². The molecule has 1 aliphatic carbocycles. The molecular formula is C35H47ClN6O. The standard InChI is InChI=1S/C35H47ClN6O/c36-31-13-11-28(12-14-31)23-33(39-32-15-19-40(20-16-32)24-29-7-3-1-4-8-29)34(43)41-21-17-35(18-22-41,25-42-27-37-26-38-42)30-9-5-2-6-10-30/h1,3-4,7-8,11-14,26-27,30,32-33,39H,2,5-6,9-10,15-25H2/t33-/m1/s1. The lowest BCUT2D eigenvalue weighted by Crippen LogP contribution is -2.56. The van der Waals surface area contributed by atoms with Gasteiger partial charge in [0.1, 0.15) is 12.7 Å². The van der Waals surface area contributed by atoms with Gasteiger partial charge in [-0.05, 0) is 92.6 Å². The summed E-state index contributed by atoms with van der Waals surface area (Å²) >= 11 is 6.20. The van der Waals surface area contributed by atoms with Crippen LogP contribution < -0.4 is 5.32 Å². The van der Waals surface area contributed by atoms with Crippen LogP contribution in [0.25, 0.3) is 0 Å². The van der Waals surface area contributed by atoms with Crippen LogP contribution in [0.4, 0.5) is 0 Å². The van der Waals surface area contributed by atoms with Crippen molar-refractivity contribution < 1.29 is 4.79 Å². The van der Waals surface area contributed by atoms with Gasteiger partial charge in [-0.25, -0.2) is 4.98 Å². The Hall–Kier alpha value is -2.74. The van der Waals surface area contributed by atoms with E-state index in [2.05, 4.69) is 67.7 Å². The van der Waals surface area contributed by atoms with Gasteiger partial charge in [-0.1, -0.05) is 73.3 Å². The Morgan fingerprint density at radius 2 is 1.63 bits per heavy atom. The number of halogens is 1. The summed E-state index contributed by atoms with van der Waals surface area (Å²) in [5.74, 6) is 0.950. The van der Waals surface area contributed by atoms with Crippen molar-refractivity contribution in [2.45, 2.75) is 89.4 Å².